The quantitative estimate of drug-likeness (QED) is 0.789. The molecule has 0 saturated heterocycles. The van der Waals surface area contributed by atoms with E-state index in [2.05, 4.69) is 17.1 Å². The predicted molar refractivity (Wildman–Crippen MR) is 84.7 cm³/mol. The minimum atomic E-state index is -0.206. The van der Waals surface area contributed by atoms with E-state index in [0.717, 1.165) is 24.0 Å². The Balaban J connectivity index is 2.12. The van der Waals surface area contributed by atoms with Crippen LogP contribution in [0, 0.1) is 0 Å². The Kier molecular flexibility index (Phi) is 3.24. The lowest BCUT2D eigenvalue weighted by molar-refractivity contribution is 0.449. The van der Waals surface area contributed by atoms with Gasteiger partial charge in [-0.2, -0.15) is 0 Å². The van der Waals surface area contributed by atoms with Crippen LogP contribution in [0.15, 0.2) is 12.1 Å². The topological polar surface area (TPSA) is 61.0 Å². The van der Waals surface area contributed by atoms with Crippen molar-refractivity contribution in [3.05, 3.63) is 38.4 Å². The van der Waals surface area contributed by atoms with Crippen molar-refractivity contribution in [2.45, 2.75) is 25.7 Å². The Bertz CT molecular complexity index is 788. The van der Waals surface area contributed by atoms with Crippen LogP contribution in [0.5, 0.6) is 11.6 Å². The number of aromatic nitrogens is 2. The third-order valence-corrected chi connectivity index (χ3v) is 4.25. The third-order valence-electron chi connectivity index (χ3n) is 3.44. The van der Waals surface area contributed by atoms with Crippen LogP contribution in [0.2, 0.25) is 15.2 Å². The molecule has 0 amide bonds. The van der Waals surface area contributed by atoms with Crippen molar-refractivity contribution in [3.8, 4) is 11.6 Å². The summed E-state index contributed by atoms with van der Waals surface area (Å²) >= 11 is 18.3. The van der Waals surface area contributed by atoms with Gasteiger partial charge in [-0.1, -0.05) is 41.7 Å². The fraction of sp³-hybridized carbons (Fsp3) is 0.286. The average molecular weight is 347 g/mol. The van der Waals surface area contributed by atoms with Gasteiger partial charge in [-0.05, 0) is 30.8 Å². The molecule has 2 aromatic rings. The fourth-order valence-corrected chi connectivity index (χ4v) is 3.29. The smallest absolute Gasteiger partial charge is 0.242 e. The van der Waals surface area contributed by atoms with E-state index in [4.69, 9.17) is 48.0 Å². The zero-order valence-corrected chi connectivity index (χ0v) is 13.3. The second-order valence-corrected chi connectivity index (χ2v) is 5.96. The first-order valence-corrected chi connectivity index (χ1v) is 7.42. The molecule has 0 aliphatic heterocycles. The summed E-state index contributed by atoms with van der Waals surface area (Å²) in [5.74, 6) is 0.475. The molecule has 0 radical (unpaired) electrons. The maximum Gasteiger partial charge on any atom is 0.242 e. The number of nitrogens with two attached hydrogens (primary N) is 1. The number of nitrogen functional groups attached to an aromatic ring is 1. The number of fused-ring (bicyclic) bond motifs is 1. The molecule has 1 aliphatic rings. The normalized spacial score (nSPS) is 18.2. The minimum Gasteiger partial charge on any atom is -0.434 e. The van der Waals surface area contributed by atoms with E-state index in [1.807, 2.05) is 0 Å². The largest absolute Gasteiger partial charge is 0.434 e. The van der Waals surface area contributed by atoms with Gasteiger partial charge in [-0.25, -0.2) is 0 Å². The van der Waals surface area contributed by atoms with Gasteiger partial charge in [0.05, 0.1) is 12.8 Å². The van der Waals surface area contributed by atoms with Gasteiger partial charge >= 0.3 is 0 Å². The Morgan fingerprint density at radius 2 is 1.95 bits per heavy atom. The SMILES string of the molecule is [2H]c1c(N)c([2H])c(Cl)c(Oc2nnc(Cl)c3c2CCC3C)c1Cl. The molecule has 0 bridgehead atoms. The molecule has 0 saturated carbocycles. The molecule has 0 fully saturated rings. The Morgan fingerprint density at radius 3 is 2.62 bits per heavy atom. The summed E-state index contributed by atoms with van der Waals surface area (Å²) in [7, 11) is 0. The summed E-state index contributed by atoms with van der Waals surface area (Å²) in [6.07, 6.45) is 1.65. The Morgan fingerprint density at radius 1 is 1.29 bits per heavy atom. The number of benzene rings is 1. The monoisotopic (exact) mass is 345 g/mol. The predicted octanol–water partition coefficient (Wildman–Crippen LogP) is 4.86. The van der Waals surface area contributed by atoms with Crippen LogP contribution >= 0.6 is 34.8 Å². The summed E-state index contributed by atoms with van der Waals surface area (Å²) in [5, 5.41) is 8.09. The van der Waals surface area contributed by atoms with E-state index in [1.165, 1.54) is 0 Å². The number of anilines is 1. The number of hydrogen-bond acceptors (Lipinski definition) is 4. The van der Waals surface area contributed by atoms with Gasteiger partial charge in [0.1, 0.15) is 0 Å². The van der Waals surface area contributed by atoms with E-state index in [1.54, 1.807) is 0 Å². The van der Waals surface area contributed by atoms with Crippen molar-refractivity contribution < 1.29 is 7.48 Å². The Hall–Kier alpha value is -1.23. The first kappa shape index (κ1) is 12.3. The second kappa shape index (κ2) is 5.52. The van der Waals surface area contributed by atoms with Crippen LogP contribution in [0.4, 0.5) is 5.69 Å². The molecule has 3 rings (SSSR count). The molecule has 0 spiro atoms. The molecule has 2 N–H and O–H groups in total. The lowest BCUT2D eigenvalue weighted by Gasteiger charge is -2.13. The van der Waals surface area contributed by atoms with Gasteiger partial charge in [0.2, 0.25) is 5.88 Å². The molecule has 1 heterocycles. The van der Waals surface area contributed by atoms with E-state index in [0.29, 0.717) is 5.15 Å². The highest BCUT2D eigenvalue weighted by molar-refractivity contribution is 6.37. The van der Waals surface area contributed by atoms with E-state index in [9.17, 15) is 0 Å². The molecule has 110 valence electrons. The summed E-state index contributed by atoms with van der Waals surface area (Å²) in [5.41, 5.74) is 7.27. The summed E-state index contributed by atoms with van der Waals surface area (Å²) in [6, 6.07) is -0.411. The highest BCUT2D eigenvalue weighted by Gasteiger charge is 2.28. The zero-order chi connectivity index (χ0) is 16.9. The fourth-order valence-electron chi connectivity index (χ4n) is 2.44. The number of halogens is 3. The molecule has 4 nitrogen and oxygen atoms in total. The minimum absolute atomic E-state index is 0.0177. The van der Waals surface area contributed by atoms with Crippen LogP contribution in [0.3, 0.4) is 0 Å². The number of ether oxygens (including phenoxy) is 1. The molecule has 1 aliphatic carbocycles. The highest BCUT2D eigenvalue weighted by Crippen LogP contribution is 2.43. The van der Waals surface area contributed by atoms with Crippen LogP contribution in [-0.4, -0.2) is 10.2 Å². The van der Waals surface area contributed by atoms with Crippen molar-refractivity contribution in [2.24, 2.45) is 0 Å². The molecule has 1 aromatic heterocycles. The average Bonchev–Trinajstić information content (AvgIpc) is 2.93. The molecule has 1 atom stereocenters. The Labute approximate surface area is 140 Å². The molecule has 7 heteroatoms. The van der Waals surface area contributed by atoms with Crippen molar-refractivity contribution in [1.82, 2.24) is 10.2 Å². The summed E-state index contributed by atoms with van der Waals surface area (Å²) < 4.78 is 21.4. The second-order valence-electron chi connectivity index (χ2n) is 4.85. The van der Waals surface area contributed by atoms with Gasteiger partial charge < -0.3 is 10.5 Å². The van der Waals surface area contributed by atoms with Crippen LogP contribution < -0.4 is 10.5 Å². The first-order chi connectivity index (χ1) is 10.8. The molecular weight excluding hydrogens is 333 g/mol. The number of hydrogen-bond donors (Lipinski definition) is 1. The molecule has 1 unspecified atom stereocenters. The summed E-state index contributed by atoms with van der Waals surface area (Å²) in [6.45, 7) is 2.05. The molecule has 1 aromatic carbocycles. The van der Waals surface area contributed by atoms with Crippen molar-refractivity contribution >= 4 is 40.5 Å². The van der Waals surface area contributed by atoms with Crippen molar-refractivity contribution in [1.29, 1.82) is 0 Å². The lowest BCUT2D eigenvalue weighted by Crippen LogP contribution is -2.00. The maximum absolute atomic E-state index is 7.83. The van der Waals surface area contributed by atoms with Crippen LogP contribution in [-0.2, 0) is 6.42 Å². The first-order valence-electron chi connectivity index (χ1n) is 7.29. The molecule has 21 heavy (non-hydrogen) atoms. The number of rotatable bonds is 2. The lowest BCUT2D eigenvalue weighted by atomic mass is 10.1. The molecular formula is C14H12Cl3N3O. The standard InChI is InChI=1S/C14H12Cl3N3O/c1-6-2-3-8-11(6)13(17)19-20-14(8)21-12-9(15)4-7(18)5-10(12)16/h4-6H,2-3,18H2,1H3/i4D,5D. The van der Waals surface area contributed by atoms with E-state index < -0.39 is 0 Å². The van der Waals surface area contributed by atoms with E-state index >= 15 is 0 Å². The van der Waals surface area contributed by atoms with Crippen LogP contribution in [0.1, 0.15) is 33.1 Å². The van der Waals surface area contributed by atoms with Crippen LogP contribution in [0.25, 0.3) is 0 Å². The van der Waals surface area contributed by atoms with Gasteiger partial charge in [0.25, 0.3) is 0 Å². The van der Waals surface area contributed by atoms with Crippen molar-refractivity contribution in [2.75, 3.05) is 5.73 Å². The number of nitrogens with zero attached hydrogens (tertiary/aromatic N) is 2. The van der Waals surface area contributed by atoms with E-state index in [-0.39, 0.29) is 45.4 Å². The van der Waals surface area contributed by atoms with Gasteiger partial charge in [-0.15, -0.1) is 10.2 Å². The van der Waals surface area contributed by atoms with Gasteiger partial charge in [0, 0.05) is 16.8 Å². The van der Waals surface area contributed by atoms with Gasteiger partial charge in [0.15, 0.2) is 10.9 Å². The highest BCUT2D eigenvalue weighted by atomic mass is 35.5. The third kappa shape index (κ3) is 2.63. The van der Waals surface area contributed by atoms with Gasteiger partial charge in [-0.3, -0.25) is 0 Å². The maximum atomic E-state index is 7.83. The summed E-state index contributed by atoms with van der Waals surface area (Å²) in [4.78, 5) is 0. The van der Waals surface area contributed by atoms with Crippen molar-refractivity contribution in [3.63, 3.8) is 0 Å². The zero-order valence-electron chi connectivity index (χ0n) is 13.0.